The topological polar surface area (TPSA) is 76.1 Å². The minimum absolute atomic E-state index is 0.0312. The van der Waals surface area contributed by atoms with Crippen molar-refractivity contribution in [2.75, 3.05) is 51.7 Å². The number of carbonyl (C=O) groups excluding carboxylic acids is 3. The van der Waals surface area contributed by atoms with Gasteiger partial charge in [0.1, 0.15) is 0 Å². The van der Waals surface area contributed by atoms with Gasteiger partial charge in [0.2, 0.25) is 0 Å². The largest absolute Gasteiger partial charge is 0.466 e. The van der Waals surface area contributed by atoms with E-state index in [0.29, 0.717) is 26.1 Å². The van der Waals surface area contributed by atoms with Crippen molar-refractivity contribution in [3.8, 4) is 0 Å². The molecule has 0 saturated carbocycles. The van der Waals surface area contributed by atoms with E-state index >= 15 is 0 Å². The third kappa shape index (κ3) is 38.8. The van der Waals surface area contributed by atoms with Crippen molar-refractivity contribution in [1.82, 2.24) is 9.80 Å². The van der Waals surface area contributed by atoms with Gasteiger partial charge < -0.3 is 19.3 Å². The molecule has 0 aromatic rings. The Bertz CT molecular complexity index is 953. The molecule has 64 heavy (non-hydrogen) atoms. The van der Waals surface area contributed by atoms with E-state index in [-0.39, 0.29) is 17.2 Å². The van der Waals surface area contributed by atoms with Crippen LogP contribution in [0.2, 0.25) is 0 Å². The maximum absolute atomic E-state index is 13.4. The fraction of sp³-hybridized carbons (Fsp3) is 0.946. The van der Waals surface area contributed by atoms with Gasteiger partial charge in [0.05, 0.1) is 13.2 Å². The normalized spacial score (nSPS) is 13.1. The van der Waals surface area contributed by atoms with Crippen LogP contribution in [0.3, 0.4) is 0 Å². The molecule has 8 heteroatoms. The van der Waals surface area contributed by atoms with Crippen LogP contribution in [0.1, 0.15) is 278 Å². The monoisotopic (exact) mass is 921 g/mol. The first kappa shape index (κ1) is 60.7. The minimum atomic E-state index is -0.0312. The number of thioether (sulfide) groups is 1. The molecule has 1 saturated heterocycles. The first-order valence-corrected chi connectivity index (χ1v) is 29.4. The Labute approximate surface area is 402 Å². The van der Waals surface area contributed by atoms with E-state index in [4.69, 9.17) is 9.47 Å². The van der Waals surface area contributed by atoms with Gasteiger partial charge in [0.15, 0.2) is 0 Å². The third-order valence-electron chi connectivity index (χ3n) is 13.8. The Morgan fingerprint density at radius 1 is 0.453 bits per heavy atom. The molecular formula is C56H108N2O5S. The quantitative estimate of drug-likeness (QED) is 0.0444. The zero-order valence-corrected chi connectivity index (χ0v) is 44.0. The second kappa shape index (κ2) is 46.8. The van der Waals surface area contributed by atoms with E-state index in [1.807, 2.05) is 0 Å². The highest BCUT2D eigenvalue weighted by Gasteiger charge is 2.16. The van der Waals surface area contributed by atoms with E-state index < -0.39 is 0 Å². The molecule has 378 valence electrons. The summed E-state index contributed by atoms with van der Waals surface area (Å²) in [6, 6.07) is 0. The maximum Gasteiger partial charge on any atom is 0.305 e. The number of carbonyl (C=O) groups is 3. The summed E-state index contributed by atoms with van der Waals surface area (Å²) in [5.41, 5.74) is 0. The molecule has 1 fully saturated rings. The van der Waals surface area contributed by atoms with Gasteiger partial charge in [0.25, 0.3) is 5.24 Å². The number of hydrogen-bond acceptors (Lipinski definition) is 7. The summed E-state index contributed by atoms with van der Waals surface area (Å²) in [5, 5.41) is 0.241. The molecule has 0 unspecified atom stereocenters. The van der Waals surface area contributed by atoms with Crippen LogP contribution in [0.5, 0.6) is 0 Å². The maximum atomic E-state index is 13.4. The fourth-order valence-corrected chi connectivity index (χ4v) is 10.4. The van der Waals surface area contributed by atoms with E-state index in [0.717, 1.165) is 121 Å². The van der Waals surface area contributed by atoms with Gasteiger partial charge in [-0.15, -0.1) is 0 Å². The summed E-state index contributed by atoms with van der Waals surface area (Å²) in [4.78, 5) is 43.0. The molecule has 0 aliphatic carbocycles. The third-order valence-corrected chi connectivity index (χ3v) is 14.8. The molecule has 0 aromatic heterocycles. The van der Waals surface area contributed by atoms with Crippen LogP contribution < -0.4 is 0 Å². The number of esters is 2. The zero-order chi connectivity index (χ0) is 46.4. The summed E-state index contributed by atoms with van der Waals surface area (Å²) in [6.45, 7) is 15.5. The number of unbranched alkanes of at least 4 members (excludes halogenated alkanes) is 20. The average Bonchev–Trinajstić information content (AvgIpc) is 3.82. The lowest BCUT2D eigenvalue weighted by molar-refractivity contribution is -0.144. The van der Waals surface area contributed by atoms with Crippen LogP contribution >= 0.6 is 11.8 Å². The molecule has 1 aliphatic rings. The van der Waals surface area contributed by atoms with Gasteiger partial charge in [-0.1, -0.05) is 206 Å². The number of hydrogen-bond donors (Lipinski definition) is 0. The highest BCUT2D eigenvalue weighted by Crippen LogP contribution is 2.25. The van der Waals surface area contributed by atoms with Gasteiger partial charge in [-0.3, -0.25) is 14.4 Å². The van der Waals surface area contributed by atoms with Gasteiger partial charge >= 0.3 is 11.9 Å². The predicted molar refractivity (Wildman–Crippen MR) is 278 cm³/mol. The van der Waals surface area contributed by atoms with Crippen LogP contribution in [0.15, 0.2) is 0 Å². The number of likely N-dealkylation sites (tertiary alicyclic amines) is 1. The van der Waals surface area contributed by atoms with E-state index in [1.165, 1.54) is 179 Å². The van der Waals surface area contributed by atoms with E-state index in [2.05, 4.69) is 37.5 Å². The van der Waals surface area contributed by atoms with Crippen molar-refractivity contribution in [2.24, 2.45) is 11.8 Å². The van der Waals surface area contributed by atoms with Gasteiger partial charge in [-0.25, -0.2) is 0 Å². The van der Waals surface area contributed by atoms with Gasteiger partial charge in [-0.2, -0.15) is 0 Å². The van der Waals surface area contributed by atoms with Gasteiger partial charge in [-0.05, 0) is 102 Å². The highest BCUT2D eigenvalue weighted by molar-refractivity contribution is 8.13. The average molecular weight is 922 g/mol. The van der Waals surface area contributed by atoms with E-state index in [1.54, 1.807) is 0 Å². The smallest absolute Gasteiger partial charge is 0.305 e. The van der Waals surface area contributed by atoms with Crippen molar-refractivity contribution in [3.05, 3.63) is 0 Å². The number of amides is 1. The summed E-state index contributed by atoms with van der Waals surface area (Å²) in [6.07, 6.45) is 46.1. The van der Waals surface area contributed by atoms with Crippen molar-refractivity contribution in [2.45, 2.75) is 278 Å². The molecule has 1 amide bonds. The lowest BCUT2D eigenvalue weighted by Crippen LogP contribution is -2.30. The Balaban J connectivity index is 2.30. The predicted octanol–water partition coefficient (Wildman–Crippen LogP) is 17.1. The van der Waals surface area contributed by atoms with Crippen molar-refractivity contribution >= 4 is 28.9 Å². The lowest BCUT2D eigenvalue weighted by Gasteiger charge is -2.22. The summed E-state index contributed by atoms with van der Waals surface area (Å²) < 4.78 is 11.3. The molecular weight excluding hydrogens is 813 g/mol. The standard InChI is InChI=1S/C56H108N2O5S/c1-5-9-13-23-36-52(37-24-14-10-6-2)40-33-49-62-54(59)42-27-19-17-21-29-47-58(56(61)64-51-35-46-57-44-31-32-45-57)48-30-22-18-20-28-43-55(60)63-50-34-41-53(38-25-15-11-7-3)39-26-16-12-8-4/h52-53H,5-51H2,1-4H3. The minimum Gasteiger partial charge on any atom is -0.466 e. The lowest BCUT2D eigenvalue weighted by atomic mass is 9.91. The number of rotatable bonds is 48. The second-order valence-corrected chi connectivity index (χ2v) is 20.9. The summed E-state index contributed by atoms with van der Waals surface area (Å²) in [5.74, 6) is 2.42. The molecule has 0 bridgehead atoms. The number of nitrogens with zero attached hydrogens (tertiary/aromatic N) is 2. The van der Waals surface area contributed by atoms with Crippen LogP contribution in [-0.4, -0.2) is 78.7 Å². The molecule has 0 aromatic carbocycles. The van der Waals surface area contributed by atoms with Crippen molar-refractivity contribution < 1.29 is 23.9 Å². The molecule has 1 rings (SSSR count). The Morgan fingerprint density at radius 2 is 0.812 bits per heavy atom. The molecule has 1 heterocycles. The second-order valence-electron chi connectivity index (χ2n) is 19.9. The van der Waals surface area contributed by atoms with Crippen LogP contribution in [0.25, 0.3) is 0 Å². The van der Waals surface area contributed by atoms with Crippen LogP contribution in [-0.2, 0) is 19.1 Å². The molecule has 0 spiro atoms. The molecule has 0 N–H and O–H groups in total. The SMILES string of the molecule is CCCCCCC(CCCCCC)CCCOC(=O)CCCCCCCN(CCCCCCCC(=O)OCCCC(CCCCCC)CCCCCC)C(=O)SCCCN1CCCC1. The molecule has 7 nitrogen and oxygen atoms in total. The van der Waals surface area contributed by atoms with Gasteiger partial charge in [0, 0.05) is 31.7 Å². The molecule has 0 atom stereocenters. The molecule has 1 aliphatic heterocycles. The molecule has 0 radical (unpaired) electrons. The first-order chi connectivity index (χ1) is 31.4. The Hall–Kier alpha value is -1.28. The van der Waals surface area contributed by atoms with Crippen LogP contribution in [0.4, 0.5) is 4.79 Å². The Morgan fingerprint density at radius 3 is 1.22 bits per heavy atom. The number of ether oxygens (including phenoxy) is 2. The van der Waals surface area contributed by atoms with Crippen molar-refractivity contribution in [1.29, 1.82) is 0 Å². The zero-order valence-electron chi connectivity index (χ0n) is 43.2. The first-order valence-electron chi connectivity index (χ1n) is 28.4. The van der Waals surface area contributed by atoms with Crippen molar-refractivity contribution in [3.63, 3.8) is 0 Å². The summed E-state index contributed by atoms with van der Waals surface area (Å²) in [7, 11) is 0. The van der Waals surface area contributed by atoms with Crippen LogP contribution in [0, 0.1) is 11.8 Å². The fourth-order valence-electron chi connectivity index (χ4n) is 9.61. The summed E-state index contributed by atoms with van der Waals surface area (Å²) >= 11 is 1.51. The highest BCUT2D eigenvalue weighted by atomic mass is 32.2. The Kier molecular flexibility index (Phi) is 44.4. The van der Waals surface area contributed by atoms with E-state index in [9.17, 15) is 14.4 Å².